The van der Waals surface area contributed by atoms with Crippen LogP contribution in [0.15, 0.2) is 36.4 Å². The fraction of sp³-hybridized carbons (Fsp3) is 0.200. The predicted octanol–water partition coefficient (Wildman–Crippen LogP) is 2.21. The summed E-state index contributed by atoms with van der Waals surface area (Å²) in [6, 6.07) is 11.2. The number of aryl methyl sites for hydroxylation is 2. The van der Waals surface area contributed by atoms with Gasteiger partial charge >= 0.3 is 0 Å². The van der Waals surface area contributed by atoms with Gasteiger partial charge in [0.05, 0.1) is 17.8 Å². The fourth-order valence-electron chi connectivity index (χ4n) is 1.84. The number of nitrogens with one attached hydrogen (secondary N) is 1. The first-order chi connectivity index (χ1) is 9.08. The standard InChI is InChI=1S/C15H17N3O/c1-10-5-3-8-13(14(10)16)15(19)17-9-12-7-4-6-11(2)18-12/h3-8H,9,16H2,1-2H3,(H,17,19). The van der Waals surface area contributed by atoms with Gasteiger partial charge in [-0.1, -0.05) is 18.2 Å². The van der Waals surface area contributed by atoms with E-state index in [1.54, 1.807) is 6.07 Å². The Balaban J connectivity index is 2.08. The molecule has 0 saturated heterocycles. The van der Waals surface area contributed by atoms with Crippen LogP contribution >= 0.6 is 0 Å². The second kappa shape index (κ2) is 5.52. The largest absolute Gasteiger partial charge is 0.398 e. The number of rotatable bonds is 3. The van der Waals surface area contributed by atoms with E-state index in [9.17, 15) is 4.79 Å². The second-order valence-corrected chi connectivity index (χ2v) is 4.49. The summed E-state index contributed by atoms with van der Waals surface area (Å²) >= 11 is 0. The summed E-state index contributed by atoms with van der Waals surface area (Å²) in [6.07, 6.45) is 0. The van der Waals surface area contributed by atoms with Gasteiger partial charge < -0.3 is 11.1 Å². The molecule has 0 spiro atoms. The van der Waals surface area contributed by atoms with Crippen molar-refractivity contribution in [3.05, 3.63) is 58.9 Å². The molecule has 1 amide bonds. The first-order valence-electron chi connectivity index (χ1n) is 6.14. The van der Waals surface area contributed by atoms with Crippen LogP contribution in [0.5, 0.6) is 0 Å². The molecule has 1 aromatic heterocycles. The Labute approximate surface area is 112 Å². The molecule has 4 heteroatoms. The third-order valence-corrected chi connectivity index (χ3v) is 2.94. The summed E-state index contributed by atoms with van der Waals surface area (Å²) in [5, 5.41) is 2.83. The Morgan fingerprint density at radius 3 is 2.68 bits per heavy atom. The molecular weight excluding hydrogens is 238 g/mol. The first-order valence-corrected chi connectivity index (χ1v) is 6.14. The number of para-hydroxylation sites is 1. The zero-order chi connectivity index (χ0) is 13.8. The lowest BCUT2D eigenvalue weighted by atomic mass is 10.1. The molecule has 1 heterocycles. The number of amides is 1. The average molecular weight is 255 g/mol. The molecular formula is C15H17N3O. The van der Waals surface area contributed by atoms with E-state index in [1.807, 2.05) is 44.2 Å². The van der Waals surface area contributed by atoms with Crippen molar-refractivity contribution in [2.24, 2.45) is 0 Å². The van der Waals surface area contributed by atoms with Crippen molar-refractivity contribution in [1.29, 1.82) is 0 Å². The van der Waals surface area contributed by atoms with E-state index < -0.39 is 0 Å². The maximum absolute atomic E-state index is 12.1. The lowest BCUT2D eigenvalue weighted by Crippen LogP contribution is -2.24. The minimum atomic E-state index is -0.176. The summed E-state index contributed by atoms with van der Waals surface area (Å²) in [6.45, 7) is 4.20. The molecule has 4 nitrogen and oxygen atoms in total. The van der Waals surface area contributed by atoms with Crippen LogP contribution in [0.1, 0.15) is 27.3 Å². The number of anilines is 1. The van der Waals surface area contributed by atoms with Gasteiger partial charge in [-0.15, -0.1) is 0 Å². The van der Waals surface area contributed by atoms with Crippen molar-refractivity contribution in [3.63, 3.8) is 0 Å². The molecule has 0 radical (unpaired) electrons. The minimum Gasteiger partial charge on any atom is -0.398 e. The van der Waals surface area contributed by atoms with Gasteiger partial charge in [-0.2, -0.15) is 0 Å². The van der Waals surface area contributed by atoms with Gasteiger partial charge in [0.25, 0.3) is 5.91 Å². The van der Waals surface area contributed by atoms with Gasteiger partial charge in [-0.05, 0) is 37.6 Å². The monoisotopic (exact) mass is 255 g/mol. The molecule has 0 atom stereocenters. The number of benzene rings is 1. The SMILES string of the molecule is Cc1cccc(CNC(=O)c2cccc(C)c2N)n1. The van der Waals surface area contributed by atoms with Crippen LogP contribution in [-0.4, -0.2) is 10.9 Å². The van der Waals surface area contributed by atoms with Crippen LogP contribution in [0.25, 0.3) is 0 Å². The zero-order valence-electron chi connectivity index (χ0n) is 11.1. The van der Waals surface area contributed by atoms with Gasteiger partial charge in [0.2, 0.25) is 0 Å². The van der Waals surface area contributed by atoms with E-state index in [2.05, 4.69) is 10.3 Å². The number of nitrogen functional groups attached to an aromatic ring is 1. The van der Waals surface area contributed by atoms with Gasteiger partial charge in [-0.3, -0.25) is 9.78 Å². The number of hydrogen-bond donors (Lipinski definition) is 2. The number of aromatic nitrogens is 1. The van der Waals surface area contributed by atoms with E-state index in [1.165, 1.54) is 0 Å². The summed E-state index contributed by atoms with van der Waals surface area (Å²) in [5.41, 5.74) is 9.60. The van der Waals surface area contributed by atoms with Crippen molar-refractivity contribution in [2.45, 2.75) is 20.4 Å². The van der Waals surface area contributed by atoms with Gasteiger partial charge in [0, 0.05) is 11.4 Å². The van der Waals surface area contributed by atoms with Crippen molar-refractivity contribution in [3.8, 4) is 0 Å². The number of hydrogen-bond acceptors (Lipinski definition) is 3. The molecule has 1 aromatic carbocycles. The number of carbonyl (C=O) groups excluding carboxylic acids is 1. The Bertz CT molecular complexity index is 608. The summed E-state index contributed by atoms with van der Waals surface area (Å²) in [5.74, 6) is -0.176. The van der Waals surface area contributed by atoms with E-state index in [4.69, 9.17) is 5.73 Å². The van der Waals surface area contributed by atoms with E-state index in [0.29, 0.717) is 17.8 Å². The Morgan fingerprint density at radius 1 is 1.21 bits per heavy atom. The van der Waals surface area contributed by atoms with Crippen LogP contribution in [0.2, 0.25) is 0 Å². The van der Waals surface area contributed by atoms with Crippen LogP contribution in [0.4, 0.5) is 5.69 Å². The van der Waals surface area contributed by atoms with Gasteiger partial charge in [0.1, 0.15) is 0 Å². The summed E-state index contributed by atoms with van der Waals surface area (Å²) in [4.78, 5) is 16.4. The highest BCUT2D eigenvalue weighted by molar-refractivity contribution is 5.99. The number of nitrogens with zero attached hydrogens (tertiary/aromatic N) is 1. The number of pyridine rings is 1. The molecule has 0 aliphatic rings. The lowest BCUT2D eigenvalue weighted by molar-refractivity contribution is 0.0951. The normalized spacial score (nSPS) is 10.2. The molecule has 0 unspecified atom stereocenters. The fourth-order valence-corrected chi connectivity index (χ4v) is 1.84. The minimum absolute atomic E-state index is 0.176. The molecule has 19 heavy (non-hydrogen) atoms. The Kier molecular flexibility index (Phi) is 3.80. The molecule has 3 N–H and O–H groups in total. The second-order valence-electron chi connectivity index (χ2n) is 4.49. The molecule has 98 valence electrons. The number of carbonyl (C=O) groups is 1. The highest BCUT2D eigenvalue weighted by Gasteiger charge is 2.10. The maximum Gasteiger partial charge on any atom is 0.253 e. The topological polar surface area (TPSA) is 68.0 Å². The summed E-state index contributed by atoms with van der Waals surface area (Å²) < 4.78 is 0. The molecule has 0 aliphatic heterocycles. The Morgan fingerprint density at radius 2 is 1.95 bits per heavy atom. The zero-order valence-corrected chi connectivity index (χ0v) is 11.1. The Hall–Kier alpha value is -2.36. The van der Waals surface area contributed by atoms with E-state index in [0.717, 1.165) is 17.0 Å². The molecule has 2 aromatic rings. The lowest BCUT2D eigenvalue weighted by Gasteiger charge is -2.09. The van der Waals surface area contributed by atoms with Crippen LogP contribution < -0.4 is 11.1 Å². The summed E-state index contributed by atoms with van der Waals surface area (Å²) in [7, 11) is 0. The third kappa shape index (κ3) is 3.10. The average Bonchev–Trinajstić information content (AvgIpc) is 2.39. The van der Waals surface area contributed by atoms with Crippen molar-refractivity contribution in [1.82, 2.24) is 10.3 Å². The number of nitrogens with two attached hydrogens (primary N) is 1. The van der Waals surface area contributed by atoms with Crippen LogP contribution in [-0.2, 0) is 6.54 Å². The quantitative estimate of drug-likeness (QED) is 0.826. The van der Waals surface area contributed by atoms with Crippen molar-refractivity contribution < 1.29 is 4.79 Å². The highest BCUT2D eigenvalue weighted by atomic mass is 16.1. The first kappa shape index (κ1) is 13.1. The molecule has 0 bridgehead atoms. The predicted molar refractivity (Wildman–Crippen MR) is 75.7 cm³/mol. The highest BCUT2D eigenvalue weighted by Crippen LogP contribution is 2.16. The maximum atomic E-state index is 12.1. The van der Waals surface area contributed by atoms with Gasteiger partial charge in [0.15, 0.2) is 0 Å². The molecule has 0 fully saturated rings. The van der Waals surface area contributed by atoms with Crippen molar-refractivity contribution >= 4 is 11.6 Å². The molecule has 2 rings (SSSR count). The van der Waals surface area contributed by atoms with Crippen molar-refractivity contribution in [2.75, 3.05) is 5.73 Å². The smallest absolute Gasteiger partial charge is 0.253 e. The van der Waals surface area contributed by atoms with E-state index in [-0.39, 0.29) is 5.91 Å². The van der Waals surface area contributed by atoms with Crippen LogP contribution in [0, 0.1) is 13.8 Å². The third-order valence-electron chi connectivity index (χ3n) is 2.94. The van der Waals surface area contributed by atoms with E-state index >= 15 is 0 Å². The van der Waals surface area contributed by atoms with Gasteiger partial charge in [-0.25, -0.2) is 0 Å². The van der Waals surface area contributed by atoms with Crippen LogP contribution in [0.3, 0.4) is 0 Å². The molecule has 0 saturated carbocycles. The molecule has 0 aliphatic carbocycles.